The Bertz CT molecular complexity index is 531. The lowest BCUT2D eigenvalue weighted by Gasteiger charge is -2.16. The summed E-state index contributed by atoms with van der Waals surface area (Å²) in [5.74, 6) is 0. The van der Waals surface area contributed by atoms with E-state index in [0.717, 1.165) is 25.9 Å². The van der Waals surface area contributed by atoms with Gasteiger partial charge in [0.2, 0.25) is 0 Å². The molecular weight excluding hydrogens is 246 g/mol. The van der Waals surface area contributed by atoms with Gasteiger partial charge in [0, 0.05) is 24.3 Å². The Balaban J connectivity index is 2.13. The molecule has 0 saturated carbocycles. The molecule has 0 amide bonds. The molecule has 1 atom stereocenters. The molecule has 3 nitrogen and oxygen atoms in total. The molecule has 0 spiro atoms. The highest BCUT2D eigenvalue weighted by Crippen LogP contribution is 2.18. The maximum atomic E-state index is 4.44. The lowest BCUT2D eigenvalue weighted by Crippen LogP contribution is -2.22. The van der Waals surface area contributed by atoms with Gasteiger partial charge in [-0.1, -0.05) is 43.7 Å². The molecule has 0 aliphatic carbocycles. The summed E-state index contributed by atoms with van der Waals surface area (Å²) >= 11 is 0. The van der Waals surface area contributed by atoms with Crippen molar-refractivity contribution in [2.45, 2.75) is 46.2 Å². The first-order valence-electron chi connectivity index (χ1n) is 7.54. The second kappa shape index (κ2) is 7.25. The summed E-state index contributed by atoms with van der Waals surface area (Å²) < 4.78 is 2.04. The third-order valence-electron chi connectivity index (χ3n) is 3.48. The minimum atomic E-state index is 0.340. The minimum absolute atomic E-state index is 0.340. The second-order valence-corrected chi connectivity index (χ2v) is 5.34. The number of nitrogens with zero attached hydrogens (tertiary/aromatic N) is 2. The summed E-state index contributed by atoms with van der Waals surface area (Å²) in [6.45, 7) is 8.43. The Morgan fingerprint density at radius 1 is 1.30 bits per heavy atom. The van der Waals surface area contributed by atoms with Crippen molar-refractivity contribution in [2.75, 3.05) is 6.54 Å². The van der Waals surface area contributed by atoms with Crippen LogP contribution in [0.4, 0.5) is 0 Å². The first kappa shape index (κ1) is 14.8. The van der Waals surface area contributed by atoms with Crippen molar-refractivity contribution >= 4 is 0 Å². The van der Waals surface area contributed by atoms with E-state index in [1.165, 1.54) is 16.7 Å². The molecule has 0 radical (unpaired) electrons. The molecule has 1 heterocycles. The number of nitrogens with one attached hydrogen (secondary N) is 1. The summed E-state index contributed by atoms with van der Waals surface area (Å²) in [5.41, 5.74) is 3.97. The summed E-state index contributed by atoms with van der Waals surface area (Å²) in [5, 5.41) is 8.01. The van der Waals surface area contributed by atoms with Crippen LogP contribution in [0, 0.1) is 6.92 Å². The summed E-state index contributed by atoms with van der Waals surface area (Å²) in [4.78, 5) is 0. The van der Waals surface area contributed by atoms with Crippen molar-refractivity contribution in [3.05, 3.63) is 53.3 Å². The quantitative estimate of drug-likeness (QED) is 0.835. The predicted octanol–water partition coefficient (Wildman–Crippen LogP) is 3.49. The number of aryl methyl sites for hydroxylation is 2. The van der Waals surface area contributed by atoms with E-state index in [1.54, 1.807) is 0 Å². The highest BCUT2D eigenvalue weighted by molar-refractivity contribution is 5.25. The molecule has 0 bridgehead atoms. The zero-order chi connectivity index (χ0) is 14.4. The molecule has 20 heavy (non-hydrogen) atoms. The van der Waals surface area contributed by atoms with E-state index in [0.29, 0.717) is 6.04 Å². The molecule has 3 heteroatoms. The summed E-state index contributed by atoms with van der Waals surface area (Å²) in [7, 11) is 0. The number of likely N-dealkylation sites (N-methyl/N-ethyl adjacent to an activating group) is 1. The smallest absolute Gasteiger partial charge is 0.0537 e. The summed E-state index contributed by atoms with van der Waals surface area (Å²) in [6, 6.07) is 9.08. The van der Waals surface area contributed by atoms with Gasteiger partial charge in [0.25, 0.3) is 0 Å². The summed E-state index contributed by atoms with van der Waals surface area (Å²) in [6.07, 6.45) is 6.30. The first-order valence-corrected chi connectivity index (χ1v) is 7.54. The molecule has 1 aromatic carbocycles. The van der Waals surface area contributed by atoms with E-state index in [9.17, 15) is 0 Å². The Morgan fingerprint density at radius 3 is 2.85 bits per heavy atom. The minimum Gasteiger partial charge on any atom is -0.310 e. The van der Waals surface area contributed by atoms with Crippen molar-refractivity contribution in [1.29, 1.82) is 0 Å². The topological polar surface area (TPSA) is 29.9 Å². The molecule has 2 aromatic rings. The van der Waals surface area contributed by atoms with Gasteiger partial charge in [-0.05, 0) is 31.9 Å². The van der Waals surface area contributed by atoms with Gasteiger partial charge in [0.05, 0.1) is 6.20 Å². The first-order chi connectivity index (χ1) is 9.72. The molecule has 0 aliphatic rings. The van der Waals surface area contributed by atoms with E-state index in [1.807, 2.05) is 10.9 Å². The average Bonchev–Trinajstić information content (AvgIpc) is 2.87. The van der Waals surface area contributed by atoms with Gasteiger partial charge in [-0.15, -0.1) is 0 Å². The molecule has 1 unspecified atom stereocenters. The van der Waals surface area contributed by atoms with Crippen LogP contribution in [0.1, 0.15) is 43.0 Å². The average molecular weight is 271 g/mol. The number of hydrogen-bond acceptors (Lipinski definition) is 2. The Kier molecular flexibility index (Phi) is 5.36. The SMILES string of the molecule is CCCn1cc(C(Cc2cccc(C)c2)NCC)cn1. The maximum absolute atomic E-state index is 4.44. The number of benzene rings is 1. The fourth-order valence-electron chi connectivity index (χ4n) is 2.54. The van der Waals surface area contributed by atoms with E-state index in [4.69, 9.17) is 0 Å². The van der Waals surface area contributed by atoms with Crippen LogP contribution >= 0.6 is 0 Å². The largest absolute Gasteiger partial charge is 0.310 e. The number of rotatable bonds is 7. The van der Waals surface area contributed by atoms with Crippen LogP contribution in [0.25, 0.3) is 0 Å². The van der Waals surface area contributed by atoms with Crippen LogP contribution < -0.4 is 5.32 Å². The zero-order valence-corrected chi connectivity index (χ0v) is 12.8. The predicted molar refractivity (Wildman–Crippen MR) is 83.8 cm³/mol. The van der Waals surface area contributed by atoms with Crippen LogP contribution in [0.5, 0.6) is 0 Å². The van der Waals surface area contributed by atoms with Crippen LogP contribution in [-0.4, -0.2) is 16.3 Å². The van der Waals surface area contributed by atoms with E-state index < -0.39 is 0 Å². The maximum Gasteiger partial charge on any atom is 0.0537 e. The van der Waals surface area contributed by atoms with Crippen molar-refractivity contribution in [3.63, 3.8) is 0 Å². The lowest BCUT2D eigenvalue weighted by molar-refractivity contribution is 0.547. The molecule has 1 N–H and O–H groups in total. The van der Waals surface area contributed by atoms with Gasteiger partial charge in [0.15, 0.2) is 0 Å². The second-order valence-electron chi connectivity index (χ2n) is 5.34. The lowest BCUT2D eigenvalue weighted by atomic mass is 10.00. The van der Waals surface area contributed by atoms with E-state index >= 15 is 0 Å². The van der Waals surface area contributed by atoms with E-state index in [2.05, 4.69) is 61.6 Å². The van der Waals surface area contributed by atoms with Crippen LogP contribution in [0.3, 0.4) is 0 Å². The van der Waals surface area contributed by atoms with Crippen LogP contribution in [0.15, 0.2) is 36.7 Å². The van der Waals surface area contributed by atoms with Crippen LogP contribution in [-0.2, 0) is 13.0 Å². The van der Waals surface area contributed by atoms with Gasteiger partial charge in [0.1, 0.15) is 0 Å². The van der Waals surface area contributed by atoms with Crippen molar-refractivity contribution in [3.8, 4) is 0 Å². The van der Waals surface area contributed by atoms with Gasteiger partial charge in [-0.3, -0.25) is 4.68 Å². The van der Waals surface area contributed by atoms with Gasteiger partial charge >= 0.3 is 0 Å². The third kappa shape index (κ3) is 3.94. The highest BCUT2D eigenvalue weighted by Gasteiger charge is 2.13. The number of hydrogen-bond donors (Lipinski definition) is 1. The molecule has 1 aromatic heterocycles. The van der Waals surface area contributed by atoms with Crippen molar-refractivity contribution in [2.24, 2.45) is 0 Å². The van der Waals surface area contributed by atoms with Crippen LogP contribution in [0.2, 0.25) is 0 Å². The molecular formula is C17H25N3. The molecule has 0 saturated heterocycles. The Morgan fingerprint density at radius 2 is 2.15 bits per heavy atom. The Hall–Kier alpha value is -1.61. The zero-order valence-electron chi connectivity index (χ0n) is 12.8. The monoisotopic (exact) mass is 271 g/mol. The number of aromatic nitrogens is 2. The molecule has 108 valence electrons. The van der Waals surface area contributed by atoms with Gasteiger partial charge < -0.3 is 5.32 Å². The normalized spacial score (nSPS) is 12.6. The molecule has 0 aliphatic heterocycles. The van der Waals surface area contributed by atoms with Gasteiger partial charge in [-0.2, -0.15) is 5.10 Å². The van der Waals surface area contributed by atoms with E-state index in [-0.39, 0.29) is 0 Å². The standard InChI is InChI=1S/C17H25N3/c1-4-9-20-13-16(12-19-20)17(18-5-2)11-15-8-6-7-14(3)10-15/h6-8,10,12-13,17-18H,4-5,9,11H2,1-3H3. The van der Waals surface area contributed by atoms with Crippen molar-refractivity contribution < 1.29 is 0 Å². The molecule has 0 fully saturated rings. The molecule has 2 rings (SSSR count). The third-order valence-corrected chi connectivity index (χ3v) is 3.48. The van der Waals surface area contributed by atoms with Crippen molar-refractivity contribution in [1.82, 2.24) is 15.1 Å². The Labute approximate surface area is 122 Å². The fraction of sp³-hybridized carbons (Fsp3) is 0.471. The fourth-order valence-corrected chi connectivity index (χ4v) is 2.54. The highest BCUT2D eigenvalue weighted by atomic mass is 15.3. The van der Waals surface area contributed by atoms with Gasteiger partial charge in [-0.25, -0.2) is 0 Å².